The molecule has 0 radical (unpaired) electrons. The fourth-order valence-corrected chi connectivity index (χ4v) is 4.46. The van der Waals surface area contributed by atoms with Gasteiger partial charge < -0.3 is 20.3 Å². The van der Waals surface area contributed by atoms with Crippen LogP contribution in [0.3, 0.4) is 0 Å². The van der Waals surface area contributed by atoms with Crippen LogP contribution >= 0.6 is 0 Å². The molecule has 39 heavy (non-hydrogen) atoms. The molecule has 0 bridgehead atoms. The Bertz CT molecular complexity index is 1130. The molecule has 0 aliphatic rings. The molecule has 0 saturated carbocycles. The second kappa shape index (κ2) is 13.1. The summed E-state index contributed by atoms with van der Waals surface area (Å²) in [6.45, 7) is 19.3. The molecule has 7 heteroatoms. The predicted molar refractivity (Wildman–Crippen MR) is 156 cm³/mol. The van der Waals surface area contributed by atoms with Crippen molar-refractivity contribution in [1.29, 1.82) is 0 Å². The Balaban J connectivity index is 2.60. The third-order valence-electron chi connectivity index (χ3n) is 6.87. The Labute approximate surface area is 234 Å². The molecule has 0 aliphatic carbocycles. The fourth-order valence-electron chi connectivity index (χ4n) is 4.46. The van der Waals surface area contributed by atoms with Crippen molar-refractivity contribution < 1.29 is 19.1 Å². The molecule has 2 aromatic rings. The van der Waals surface area contributed by atoms with E-state index < -0.39 is 29.3 Å². The molecule has 0 saturated heterocycles. The number of carbonyl (C=O) groups is 3. The van der Waals surface area contributed by atoms with E-state index in [1.807, 2.05) is 97.0 Å². The van der Waals surface area contributed by atoms with E-state index in [1.54, 1.807) is 25.7 Å². The van der Waals surface area contributed by atoms with E-state index in [4.69, 9.17) is 4.74 Å². The molecule has 0 fully saturated rings. The van der Waals surface area contributed by atoms with E-state index in [2.05, 4.69) is 10.6 Å². The Morgan fingerprint density at radius 3 is 2.08 bits per heavy atom. The molecule has 2 rings (SSSR count). The quantitative estimate of drug-likeness (QED) is 0.397. The van der Waals surface area contributed by atoms with Crippen molar-refractivity contribution in [2.24, 2.45) is 5.92 Å². The van der Waals surface area contributed by atoms with Gasteiger partial charge in [-0.1, -0.05) is 68.8 Å². The molecule has 3 atom stereocenters. The molecule has 0 spiro atoms. The summed E-state index contributed by atoms with van der Waals surface area (Å²) in [4.78, 5) is 42.9. The van der Waals surface area contributed by atoms with Crippen LogP contribution in [0.1, 0.15) is 90.1 Å². The number of hydrogen-bond donors (Lipinski definition) is 2. The molecule has 7 nitrogen and oxygen atoms in total. The highest BCUT2D eigenvalue weighted by atomic mass is 16.6. The van der Waals surface area contributed by atoms with Crippen LogP contribution in [0.4, 0.5) is 4.79 Å². The first kappa shape index (κ1) is 31.9. The van der Waals surface area contributed by atoms with E-state index in [9.17, 15) is 14.4 Å². The lowest BCUT2D eigenvalue weighted by Gasteiger charge is -2.44. The van der Waals surface area contributed by atoms with E-state index >= 15 is 0 Å². The van der Waals surface area contributed by atoms with Gasteiger partial charge in [0.15, 0.2) is 0 Å². The summed E-state index contributed by atoms with van der Waals surface area (Å²) in [5, 5.41) is 5.88. The highest BCUT2D eigenvalue weighted by Gasteiger charge is 2.43. The van der Waals surface area contributed by atoms with Gasteiger partial charge in [-0.05, 0) is 83.6 Å². The Morgan fingerprint density at radius 1 is 0.923 bits per heavy atom. The van der Waals surface area contributed by atoms with Gasteiger partial charge in [-0.3, -0.25) is 9.59 Å². The van der Waals surface area contributed by atoms with Crippen LogP contribution in [0, 0.1) is 19.8 Å². The number of alkyl carbamates (subject to hydrolysis) is 1. The average molecular weight is 538 g/mol. The zero-order valence-electron chi connectivity index (χ0n) is 25.3. The lowest BCUT2D eigenvalue weighted by molar-refractivity contribution is -0.149. The number of ether oxygens (including phenoxy) is 1. The first-order valence-corrected chi connectivity index (χ1v) is 13.8. The summed E-state index contributed by atoms with van der Waals surface area (Å²) in [5.74, 6) is -0.805. The van der Waals surface area contributed by atoms with Gasteiger partial charge in [-0.25, -0.2) is 4.79 Å². The molecule has 0 heterocycles. The number of benzene rings is 2. The van der Waals surface area contributed by atoms with Gasteiger partial charge in [0, 0.05) is 12.1 Å². The minimum Gasteiger partial charge on any atom is -0.444 e. The van der Waals surface area contributed by atoms with E-state index in [1.165, 1.54) is 0 Å². The lowest BCUT2D eigenvalue weighted by Crippen LogP contribution is -2.60. The predicted octanol–water partition coefficient (Wildman–Crippen LogP) is 6.23. The maximum absolute atomic E-state index is 14.5. The molecule has 3 unspecified atom stereocenters. The molecule has 214 valence electrons. The van der Waals surface area contributed by atoms with Crippen LogP contribution in [0.15, 0.2) is 48.5 Å². The van der Waals surface area contributed by atoms with Gasteiger partial charge >= 0.3 is 6.09 Å². The molecular weight excluding hydrogens is 490 g/mol. The van der Waals surface area contributed by atoms with Crippen LogP contribution in [0.2, 0.25) is 0 Å². The Hall–Kier alpha value is -3.35. The van der Waals surface area contributed by atoms with E-state index in [0.29, 0.717) is 13.0 Å². The first-order valence-electron chi connectivity index (χ1n) is 13.8. The number of carbonyl (C=O) groups excluding carboxylic acids is 3. The number of aryl methyl sites for hydroxylation is 1. The Kier molecular flexibility index (Phi) is 10.7. The minimum atomic E-state index is -0.909. The van der Waals surface area contributed by atoms with Gasteiger partial charge in [0.2, 0.25) is 11.8 Å². The maximum atomic E-state index is 14.5. The fraction of sp³-hybridized carbons (Fsp3) is 0.531. The summed E-state index contributed by atoms with van der Waals surface area (Å²) >= 11 is 0. The van der Waals surface area contributed by atoms with Crippen molar-refractivity contribution in [2.75, 3.05) is 0 Å². The monoisotopic (exact) mass is 537 g/mol. The van der Waals surface area contributed by atoms with Crippen LogP contribution in [0.25, 0.3) is 0 Å². The van der Waals surface area contributed by atoms with Crippen LogP contribution in [0.5, 0.6) is 0 Å². The summed E-state index contributed by atoms with van der Waals surface area (Å²) in [7, 11) is 0. The van der Waals surface area contributed by atoms with Gasteiger partial charge in [0.1, 0.15) is 17.7 Å². The third kappa shape index (κ3) is 8.84. The van der Waals surface area contributed by atoms with Gasteiger partial charge in [-0.2, -0.15) is 0 Å². The van der Waals surface area contributed by atoms with Crippen molar-refractivity contribution in [3.63, 3.8) is 0 Å². The Morgan fingerprint density at radius 2 is 1.54 bits per heavy atom. The lowest BCUT2D eigenvalue weighted by atomic mass is 9.89. The summed E-state index contributed by atoms with van der Waals surface area (Å²) in [6, 6.07) is 13.7. The maximum Gasteiger partial charge on any atom is 0.408 e. The topological polar surface area (TPSA) is 87.7 Å². The normalized spacial score (nSPS) is 14.1. The van der Waals surface area contributed by atoms with Gasteiger partial charge in [0.25, 0.3) is 0 Å². The van der Waals surface area contributed by atoms with Gasteiger partial charge in [-0.15, -0.1) is 0 Å². The van der Waals surface area contributed by atoms with Crippen LogP contribution in [-0.2, 0) is 20.9 Å². The second-order valence-corrected chi connectivity index (χ2v) is 12.3. The van der Waals surface area contributed by atoms with E-state index in [-0.39, 0.29) is 17.7 Å². The second-order valence-electron chi connectivity index (χ2n) is 12.3. The van der Waals surface area contributed by atoms with Crippen molar-refractivity contribution in [3.8, 4) is 0 Å². The molecule has 3 amide bonds. The minimum absolute atomic E-state index is 0.193. The van der Waals surface area contributed by atoms with Crippen molar-refractivity contribution in [3.05, 3.63) is 70.8 Å². The van der Waals surface area contributed by atoms with E-state index in [0.717, 1.165) is 22.3 Å². The molecule has 2 aromatic carbocycles. The highest BCUT2D eigenvalue weighted by molar-refractivity contribution is 5.93. The number of hydrogen-bond acceptors (Lipinski definition) is 4. The van der Waals surface area contributed by atoms with Gasteiger partial charge in [0.05, 0.1) is 0 Å². The zero-order chi connectivity index (χ0) is 29.5. The highest BCUT2D eigenvalue weighted by Crippen LogP contribution is 2.33. The van der Waals surface area contributed by atoms with Crippen LogP contribution < -0.4 is 10.6 Å². The summed E-state index contributed by atoms with van der Waals surface area (Å²) in [5.41, 5.74) is 2.23. The summed E-state index contributed by atoms with van der Waals surface area (Å²) < 4.78 is 5.49. The number of amides is 3. The third-order valence-corrected chi connectivity index (χ3v) is 6.87. The zero-order valence-corrected chi connectivity index (χ0v) is 25.3. The largest absolute Gasteiger partial charge is 0.444 e. The van der Waals surface area contributed by atoms with Crippen molar-refractivity contribution in [2.45, 2.75) is 105 Å². The number of nitrogens with one attached hydrogen (secondary N) is 2. The molecule has 0 aliphatic heterocycles. The SMILES string of the molecule is CCC(C)C(NC(=O)OC(C)(C)C)C(=O)N(C(C(=O)NCc1ccccc1)c1cccc(C)c1C)C(C)(C)C. The number of rotatable bonds is 9. The molecular formula is C32H47N3O4. The first-order chi connectivity index (χ1) is 18.1. The molecule has 2 N–H and O–H groups in total. The summed E-state index contributed by atoms with van der Waals surface area (Å²) in [6.07, 6.45) is -0.00903. The van der Waals surface area contributed by atoms with Crippen LogP contribution in [-0.4, -0.2) is 40.0 Å². The standard InChI is InChI=1S/C32H47N3O4/c1-11-21(2)26(34-30(38)39-32(8,9)10)29(37)35(31(5,6)7)27(25-19-15-16-22(3)23(25)4)28(36)33-20-24-17-13-12-14-18-24/h12-19,21,26-27H,11,20H2,1-10H3,(H,33,36)(H,34,38). The molecule has 0 aromatic heterocycles. The van der Waals surface area contributed by atoms with Crippen molar-refractivity contribution >= 4 is 17.9 Å². The van der Waals surface area contributed by atoms with Crippen molar-refractivity contribution in [1.82, 2.24) is 15.5 Å². The number of nitrogens with zero attached hydrogens (tertiary/aromatic N) is 1. The smallest absolute Gasteiger partial charge is 0.408 e. The average Bonchev–Trinajstić information content (AvgIpc) is 2.84.